The first kappa shape index (κ1) is 86.9. The summed E-state index contributed by atoms with van der Waals surface area (Å²) in [5, 5.41) is 21.7. The molecule has 0 amide bonds. The van der Waals surface area contributed by atoms with Crippen molar-refractivity contribution < 1.29 is 93.2 Å². The van der Waals surface area contributed by atoms with Gasteiger partial charge in [-0.25, -0.2) is 0 Å². The van der Waals surface area contributed by atoms with Crippen molar-refractivity contribution in [3.63, 3.8) is 0 Å². The van der Waals surface area contributed by atoms with Crippen LogP contribution in [-0.4, -0.2) is 21.2 Å². The van der Waals surface area contributed by atoms with Crippen LogP contribution in [0.5, 0.6) is 0 Å². The molecule has 0 nitrogen and oxygen atoms in total. The molecule has 4 aliphatic carbocycles. The molecule has 0 spiro atoms. The standard InChI is InChI=1S/C18H15P.4C17H15P.ClH.2Fe.3Pd.2H2S/c1-4-10-16(11-5-1)19(17-12-6-2-7-13-17)18-14-8-3-9-15-18;4*1-3-9-15(10-4-1)18(17-13-7-8-14-17)16-11-5-2-6-12-16;;;;;;;;/h1-15H;4*1-14,18H;1H;;;;;;2*1H2/q;;;;-4;;;;;;+2;;/p-2. The van der Waals surface area contributed by atoms with Gasteiger partial charge in [-0.05, 0) is 94.7 Å². The van der Waals surface area contributed by atoms with Crippen molar-refractivity contribution in [2.75, 3.05) is 0 Å². The number of thiol groups is 2. The quantitative estimate of drug-likeness (QED) is 0.0416. The molecule has 0 atom stereocenters. The van der Waals surface area contributed by atoms with E-state index in [0.29, 0.717) is 0 Å². The average molecular weight is 1800 g/mol. The third kappa shape index (κ3) is 26.6. The van der Waals surface area contributed by atoms with Gasteiger partial charge in [0.25, 0.3) is 0 Å². The van der Waals surface area contributed by atoms with Crippen LogP contribution in [0.25, 0.3) is 0 Å². The van der Waals surface area contributed by atoms with Crippen LogP contribution in [0.15, 0.2) is 407 Å². The minimum absolute atomic E-state index is 0. The van der Waals surface area contributed by atoms with E-state index in [1.54, 1.807) is 0 Å². The summed E-state index contributed by atoms with van der Waals surface area (Å²) in [6.07, 6.45) is 35.0. The number of allylic oxidation sites excluding steroid dienone is 12. The number of benzene rings is 11. The fourth-order valence-corrected chi connectivity index (χ4v) is 24.2. The topological polar surface area (TPSA) is 0 Å². The predicted molar refractivity (Wildman–Crippen MR) is 444 cm³/mol. The molecule has 15 rings (SSSR count). The van der Waals surface area contributed by atoms with Crippen LogP contribution in [0.4, 0.5) is 0 Å². The van der Waals surface area contributed by atoms with Crippen LogP contribution in [0, 0.1) is 25.7 Å². The van der Waals surface area contributed by atoms with Crippen molar-refractivity contribution in [3.8, 4) is 0 Å². The average Bonchev–Trinajstić information content (AvgIpc) is 1.13. The molecule has 13 heteroatoms. The molecule has 4 aliphatic rings. The van der Waals surface area contributed by atoms with Crippen LogP contribution < -0.4 is 58.3 Å². The van der Waals surface area contributed by atoms with E-state index in [1.165, 1.54) is 79.5 Å². The van der Waals surface area contributed by atoms with Crippen molar-refractivity contribution >= 4 is 154 Å². The summed E-state index contributed by atoms with van der Waals surface area (Å²) < 4.78 is 0. The molecule has 0 radical (unpaired) electrons. The van der Waals surface area contributed by atoms with Crippen LogP contribution in [-0.2, 0) is 120 Å². The minimum Gasteiger partial charge on any atom is -0.813 e. The second-order valence-electron chi connectivity index (χ2n) is 21.6. The van der Waals surface area contributed by atoms with E-state index < -0.39 is 38.1 Å². The van der Waals surface area contributed by atoms with E-state index in [-0.39, 0.29) is 102 Å². The summed E-state index contributed by atoms with van der Waals surface area (Å²) in [4.78, 5) is 0. The Balaban J connectivity index is 0.000000257. The Morgan fingerprint density at radius 2 is 0.384 bits per heavy atom. The Kier molecular flexibility index (Phi) is 43.9. The largest absolute Gasteiger partial charge is 0.813 e. The molecule has 11 aromatic rings. The van der Waals surface area contributed by atoms with Crippen LogP contribution in [0.2, 0.25) is 0 Å². The van der Waals surface area contributed by atoms with Gasteiger partial charge in [-0.15, -0.1) is 7.55 Å². The summed E-state index contributed by atoms with van der Waals surface area (Å²) in [6.45, 7) is 0. The molecule has 0 N–H and O–H groups in total. The van der Waals surface area contributed by atoms with Gasteiger partial charge in [-0.1, -0.05) is 393 Å². The maximum Gasteiger partial charge on any atom is 0.102 e. The second kappa shape index (κ2) is 50.0. The SMILES string of the molecule is C1=CC(=[PH](c2ccccc2)c2ccccc2)C=C1.C1=CC(=[PH](c2ccccc2)c2ccccc2)C=C1.C1=CC(=[PH](c2ccccc2)c2ccccc2)C=C1.[Cl][Pd+].[Fe].[Fe].[Pd].[Pd].[SH-].[SH-].c1ccc([PH+](c2ccccc2)c2ccccc2)cc1.c1ccc([PH](=C2[CH-][CH-][CH-][CH-]2)c2ccccc2)cc1. The van der Waals surface area contributed by atoms with E-state index in [4.69, 9.17) is 0 Å². The molecule has 1 fully saturated rings. The number of hydrogen-bond acceptors (Lipinski definition) is 2. The summed E-state index contributed by atoms with van der Waals surface area (Å²) in [7, 11) is 0.274. The first-order valence-corrected chi connectivity index (χ1v) is 40.7. The predicted octanol–water partition coefficient (Wildman–Crippen LogP) is 15.6. The van der Waals surface area contributed by atoms with Crippen molar-refractivity contribution in [2.45, 2.75) is 0 Å². The second-order valence-corrected chi connectivity index (χ2v) is 34.0. The van der Waals surface area contributed by atoms with Gasteiger partial charge in [0.05, 0.1) is 7.92 Å². The molecule has 1 saturated carbocycles. The Bertz CT molecular complexity index is 3820. The molecule has 0 bridgehead atoms. The fraction of sp³-hybridized carbons (Fsp3) is 0. The Labute approximate surface area is 672 Å². The van der Waals surface area contributed by atoms with E-state index in [9.17, 15) is 0 Å². The van der Waals surface area contributed by atoms with E-state index in [0.717, 1.165) is 0 Å². The van der Waals surface area contributed by atoms with Gasteiger partial charge in [-0.2, -0.15) is 0 Å². The first-order valence-electron chi connectivity index (χ1n) is 31.2. The Morgan fingerprint density at radius 1 is 0.232 bits per heavy atom. The van der Waals surface area contributed by atoms with Gasteiger partial charge < -0.3 is 58.0 Å². The van der Waals surface area contributed by atoms with Crippen LogP contribution in [0.1, 0.15) is 0 Å². The van der Waals surface area contributed by atoms with E-state index >= 15 is 0 Å². The zero-order chi connectivity index (χ0) is 63.8. The zero-order valence-corrected chi connectivity index (χ0v) is 68.3. The van der Waals surface area contributed by atoms with E-state index in [1.807, 2.05) is 0 Å². The number of hydrogen-bond donors (Lipinski definition) is 0. The Morgan fingerprint density at radius 3 is 0.556 bits per heavy atom. The van der Waals surface area contributed by atoms with Gasteiger partial charge in [0, 0.05) is 75.0 Å². The maximum absolute atomic E-state index is 4.49. The number of rotatable bonds is 11. The van der Waals surface area contributed by atoms with E-state index in [2.05, 4.69) is 460 Å². The smallest absolute Gasteiger partial charge is 0.102 e. The van der Waals surface area contributed by atoms with Gasteiger partial charge in [0.15, 0.2) is 0 Å². The molecule has 11 aromatic carbocycles. The third-order valence-corrected chi connectivity index (χ3v) is 29.2. The van der Waals surface area contributed by atoms with Crippen molar-refractivity contribution in [1.29, 1.82) is 0 Å². The molecule has 0 aromatic heterocycles. The summed E-state index contributed by atoms with van der Waals surface area (Å²) in [5.41, 5.74) is 0. The maximum atomic E-state index is 4.49. The summed E-state index contributed by atoms with van der Waals surface area (Å²) in [6, 6.07) is 119. The fourth-order valence-electron chi connectivity index (χ4n) is 11.3. The van der Waals surface area contributed by atoms with Crippen LogP contribution in [0.3, 0.4) is 0 Å². The number of halogens is 1. The molecule has 99 heavy (non-hydrogen) atoms. The molecule has 0 saturated heterocycles. The van der Waals surface area contributed by atoms with Crippen molar-refractivity contribution in [2.24, 2.45) is 0 Å². The molecular formula is C86H78ClFe2P5Pd3S2-4. The van der Waals surface area contributed by atoms with Gasteiger partial charge in [0.2, 0.25) is 0 Å². The summed E-state index contributed by atoms with van der Waals surface area (Å²) in [5.74, 6) is 0. The molecule has 0 aliphatic heterocycles. The monoisotopic (exact) mass is 1790 g/mol. The van der Waals surface area contributed by atoms with Crippen molar-refractivity contribution in [3.05, 3.63) is 432 Å². The molecule has 516 valence electrons. The summed E-state index contributed by atoms with van der Waals surface area (Å²) >= 11 is 2.22. The molecular weight excluding hydrogens is 1720 g/mol. The molecule has 0 unspecified atom stereocenters. The van der Waals surface area contributed by atoms with Gasteiger partial charge >= 0.3 is 27.7 Å². The van der Waals surface area contributed by atoms with Gasteiger partial charge in [0.1, 0.15) is 15.9 Å². The van der Waals surface area contributed by atoms with Crippen LogP contribution >= 0.6 is 47.6 Å². The third-order valence-electron chi connectivity index (χ3n) is 15.5. The van der Waals surface area contributed by atoms with Crippen molar-refractivity contribution in [1.82, 2.24) is 0 Å². The zero-order valence-electron chi connectivity index (χ0n) is 53.9. The first-order chi connectivity index (χ1) is 46.2. The Hall–Kier alpha value is -4.49. The minimum atomic E-state index is -0.877. The normalized spacial score (nSPS) is 12.2. The van der Waals surface area contributed by atoms with Gasteiger partial charge in [-0.3, -0.25) is 0 Å². The molecule has 0 heterocycles.